The SMILES string of the molecule is CCC(O)CNS(=O)(=O)c1ccc(I)cc1. The quantitative estimate of drug-likeness (QED) is 0.784. The summed E-state index contributed by atoms with van der Waals surface area (Å²) in [6, 6.07) is 6.54. The molecule has 2 N–H and O–H groups in total. The summed E-state index contributed by atoms with van der Waals surface area (Å²) in [6.07, 6.45) is -0.117. The molecular formula is C10H14INO3S. The van der Waals surface area contributed by atoms with Crippen LogP contribution in [0.3, 0.4) is 0 Å². The van der Waals surface area contributed by atoms with E-state index in [1.54, 1.807) is 31.2 Å². The minimum absolute atomic E-state index is 0.0464. The van der Waals surface area contributed by atoms with Gasteiger partial charge >= 0.3 is 0 Å². The zero-order valence-electron chi connectivity index (χ0n) is 8.85. The second kappa shape index (κ2) is 5.95. The summed E-state index contributed by atoms with van der Waals surface area (Å²) in [7, 11) is -3.50. The van der Waals surface area contributed by atoms with E-state index in [0.717, 1.165) is 3.57 Å². The van der Waals surface area contributed by atoms with Gasteiger partial charge in [-0.3, -0.25) is 0 Å². The fraction of sp³-hybridized carbons (Fsp3) is 0.400. The molecule has 0 saturated heterocycles. The molecule has 1 rings (SSSR count). The maximum absolute atomic E-state index is 11.7. The number of rotatable bonds is 5. The molecule has 0 aromatic heterocycles. The molecule has 1 aromatic carbocycles. The summed E-state index contributed by atoms with van der Waals surface area (Å²) in [5.74, 6) is 0. The fourth-order valence-corrected chi connectivity index (χ4v) is 2.48. The largest absolute Gasteiger partial charge is 0.392 e. The van der Waals surface area contributed by atoms with Gasteiger partial charge in [-0.15, -0.1) is 0 Å². The highest BCUT2D eigenvalue weighted by Crippen LogP contribution is 2.11. The van der Waals surface area contributed by atoms with Crippen LogP contribution < -0.4 is 4.72 Å². The lowest BCUT2D eigenvalue weighted by molar-refractivity contribution is 0.174. The summed E-state index contributed by atoms with van der Waals surface area (Å²) in [5.41, 5.74) is 0. The van der Waals surface area contributed by atoms with Crippen molar-refractivity contribution in [1.82, 2.24) is 4.72 Å². The number of aliphatic hydroxyl groups excluding tert-OH is 1. The van der Waals surface area contributed by atoms with Crippen LogP contribution in [0.4, 0.5) is 0 Å². The van der Waals surface area contributed by atoms with Gasteiger partial charge in [0.25, 0.3) is 0 Å². The maximum atomic E-state index is 11.7. The van der Waals surface area contributed by atoms with Gasteiger partial charge < -0.3 is 5.11 Å². The van der Waals surface area contributed by atoms with E-state index in [-0.39, 0.29) is 11.4 Å². The van der Waals surface area contributed by atoms with Crippen LogP contribution in [0.25, 0.3) is 0 Å². The Morgan fingerprint density at radius 2 is 1.94 bits per heavy atom. The number of benzene rings is 1. The minimum atomic E-state index is -3.50. The molecule has 0 saturated carbocycles. The first-order chi connectivity index (χ1) is 7.45. The average molecular weight is 355 g/mol. The van der Waals surface area contributed by atoms with E-state index in [2.05, 4.69) is 27.3 Å². The van der Waals surface area contributed by atoms with Crippen molar-refractivity contribution in [3.05, 3.63) is 27.8 Å². The van der Waals surface area contributed by atoms with Gasteiger partial charge in [-0.2, -0.15) is 0 Å². The molecule has 1 atom stereocenters. The van der Waals surface area contributed by atoms with Crippen LogP contribution in [0.5, 0.6) is 0 Å². The standard InChI is InChI=1S/C10H14INO3S/c1-2-9(13)7-12-16(14,15)10-5-3-8(11)4-6-10/h3-6,9,12-13H,2,7H2,1H3. The average Bonchev–Trinajstić information content (AvgIpc) is 2.26. The van der Waals surface area contributed by atoms with Crippen molar-refractivity contribution in [1.29, 1.82) is 0 Å². The number of hydrogen-bond acceptors (Lipinski definition) is 3. The van der Waals surface area contributed by atoms with Crippen molar-refractivity contribution in [3.63, 3.8) is 0 Å². The van der Waals surface area contributed by atoms with E-state index in [1.165, 1.54) is 0 Å². The minimum Gasteiger partial charge on any atom is -0.392 e. The monoisotopic (exact) mass is 355 g/mol. The predicted octanol–water partition coefficient (Wildman–Crippen LogP) is 1.34. The Morgan fingerprint density at radius 3 is 2.44 bits per heavy atom. The molecule has 0 fully saturated rings. The highest BCUT2D eigenvalue weighted by Gasteiger charge is 2.14. The fourth-order valence-electron chi connectivity index (χ4n) is 1.05. The molecule has 6 heteroatoms. The van der Waals surface area contributed by atoms with Crippen LogP contribution in [-0.4, -0.2) is 26.2 Å². The number of aliphatic hydroxyl groups is 1. The van der Waals surface area contributed by atoms with E-state index in [4.69, 9.17) is 0 Å². The lowest BCUT2D eigenvalue weighted by Gasteiger charge is -2.10. The van der Waals surface area contributed by atoms with E-state index < -0.39 is 16.1 Å². The van der Waals surface area contributed by atoms with Gasteiger partial charge in [0.2, 0.25) is 10.0 Å². The first kappa shape index (κ1) is 13.9. The summed E-state index contributed by atoms with van der Waals surface area (Å²) in [4.78, 5) is 0.219. The van der Waals surface area contributed by atoms with Gasteiger partial charge in [0, 0.05) is 10.1 Å². The Kier molecular flexibility index (Phi) is 5.16. The summed E-state index contributed by atoms with van der Waals surface area (Å²) in [5, 5.41) is 9.28. The number of sulfonamides is 1. The Bertz CT molecular complexity index is 430. The van der Waals surface area contributed by atoms with Crippen LogP contribution in [-0.2, 0) is 10.0 Å². The Morgan fingerprint density at radius 1 is 1.38 bits per heavy atom. The smallest absolute Gasteiger partial charge is 0.240 e. The van der Waals surface area contributed by atoms with Gasteiger partial charge in [0.15, 0.2) is 0 Å². The van der Waals surface area contributed by atoms with E-state index in [0.29, 0.717) is 6.42 Å². The molecular weight excluding hydrogens is 341 g/mol. The molecule has 4 nitrogen and oxygen atoms in total. The van der Waals surface area contributed by atoms with Crippen molar-refractivity contribution in [3.8, 4) is 0 Å². The van der Waals surface area contributed by atoms with E-state index >= 15 is 0 Å². The molecule has 0 heterocycles. The first-order valence-electron chi connectivity index (χ1n) is 4.89. The summed E-state index contributed by atoms with van der Waals surface area (Å²) >= 11 is 2.11. The second-order valence-corrected chi connectivity index (χ2v) is 6.38. The molecule has 16 heavy (non-hydrogen) atoms. The molecule has 0 bridgehead atoms. The predicted molar refractivity (Wildman–Crippen MR) is 70.6 cm³/mol. The highest BCUT2D eigenvalue weighted by molar-refractivity contribution is 14.1. The second-order valence-electron chi connectivity index (χ2n) is 3.37. The van der Waals surface area contributed by atoms with Crippen LogP contribution in [0.15, 0.2) is 29.2 Å². The van der Waals surface area contributed by atoms with Crippen LogP contribution in [0.2, 0.25) is 0 Å². The third-order valence-corrected chi connectivity index (χ3v) is 4.26. The van der Waals surface area contributed by atoms with E-state index in [1.807, 2.05) is 0 Å². The van der Waals surface area contributed by atoms with E-state index in [9.17, 15) is 13.5 Å². The Labute approximate surface area is 109 Å². The van der Waals surface area contributed by atoms with Crippen LogP contribution in [0.1, 0.15) is 13.3 Å². The van der Waals surface area contributed by atoms with Gasteiger partial charge in [-0.1, -0.05) is 6.92 Å². The van der Waals surface area contributed by atoms with Crippen molar-refractivity contribution in [2.24, 2.45) is 0 Å². The number of nitrogens with one attached hydrogen (secondary N) is 1. The van der Waals surface area contributed by atoms with Crippen molar-refractivity contribution < 1.29 is 13.5 Å². The normalized spacial score (nSPS) is 13.7. The van der Waals surface area contributed by atoms with Crippen LogP contribution >= 0.6 is 22.6 Å². The third kappa shape index (κ3) is 4.00. The molecule has 1 unspecified atom stereocenters. The van der Waals surface area contributed by atoms with Crippen molar-refractivity contribution in [2.75, 3.05) is 6.54 Å². The zero-order valence-corrected chi connectivity index (χ0v) is 11.8. The Hall–Kier alpha value is -0.180. The Balaban J connectivity index is 2.74. The summed E-state index contributed by atoms with van der Waals surface area (Å²) < 4.78 is 26.8. The molecule has 90 valence electrons. The van der Waals surface area contributed by atoms with Gasteiger partial charge in [0.05, 0.1) is 11.0 Å². The van der Waals surface area contributed by atoms with Crippen molar-refractivity contribution >= 4 is 32.6 Å². The molecule has 0 aliphatic heterocycles. The molecule has 0 aliphatic rings. The molecule has 1 aromatic rings. The third-order valence-electron chi connectivity index (χ3n) is 2.10. The lowest BCUT2D eigenvalue weighted by Crippen LogP contribution is -2.31. The van der Waals surface area contributed by atoms with Crippen LogP contribution in [0, 0.1) is 3.57 Å². The van der Waals surface area contributed by atoms with Gasteiger partial charge in [-0.25, -0.2) is 13.1 Å². The number of halogens is 1. The topological polar surface area (TPSA) is 66.4 Å². The van der Waals surface area contributed by atoms with Gasteiger partial charge in [-0.05, 0) is 53.3 Å². The molecule has 0 spiro atoms. The summed E-state index contributed by atoms with van der Waals surface area (Å²) in [6.45, 7) is 1.84. The zero-order chi connectivity index (χ0) is 12.2. The highest BCUT2D eigenvalue weighted by atomic mass is 127. The molecule has 0 aliphatic carbocycles. The maximum Gasteiger partial charge on any atom is 0.240 e. The van der Waals surface area contributed by atoms with Crippen molar-refractivity contribution in [2.45, 2.75) is 24.3 Å². The number of hydrogen-bond donors (Lipinski definition) is 2. The lowest BCUT2D eigenvalue weighted by atomic mass is 10.3. The molecule has 0 radical (unpaired) electrons. The first-order valence-corrected chi connectivity index (χ1v) is 7.45. The van der Waals surface area contributed by atoms with Gasteiger partial charge in [0.1, 0.15) is 0 Å². The molecule has 0 amide bonds.